The fraction of sp³-hybridized carbons (Fsp3) is 0.136. The number of nitrogens with zero attached hydrogens (tertiary/aromatic N) is 2. The smallest absolute Gasteiger partial charge is 0.338 e. The summed E-state index contributed by atoms with van der Waals surface area (Å²) >= 11 is 0. The Hall–Kier alpha value is -3.45. The first-order chi connectivity index (χ1) is 12.5. The van der Waals surface area contributed by atoms with Gasteiger partial charge >= 0.3 is 5.97 Å². The minimum Gasteiger partial charge on any atom is -0.465 e. The predicted octanol–water partition coefficient (Wildman–Crippen LogP) is 4.69. The van der Waals surface area contributed by atoms with Crippen molar-refractivity contribution in [3.63, 3.8) is 0 Å². The maximum Gasteiger partial charge on any atom is 0.338 e. The molecule has 0 aliphatic heterocycles. The van der Waals surface area contributed by atoms with Gasteiger partial charge in [-0.1, -0.05) is 30.3 Å². The number of ether oxygens (including phenoxy) is 1. The third kappa shape index (κ3) is 3.20. The van der Waals surface area contributed by atoms with Crippen molar-refractivity contribution in [2.75, 3.05) is 7.11 Å². The number of carbonyl (C=O) groups excluding carboxylic acids is 1. The van der Waals surface area contributed by atoms with Crippen molar-refractivity contribution in [2.24, 2.45) is 0 Å². The normalized spacial score (nSPS) is 10.2. The molecule has 0 amide bonds. The number of carbonyl (C=O) groups is 1. The monoisotopic (exact) mass is 342 g/mol. The van der Waals surface area contributed by atoms with E-state index in [0.29, 0.717) is 16.8 Å². The number of hydrogen-bond donors (Lipinski definition) is 0. The molecule has 2 aromatic carbocycles. The lowest BCUT2D eigenvalue weighted by Crippen LogP contribution is -2.07. The lowest BCUT2D eigenvalue weighted by molar-refractivity contribution is 0.0599. The maximum absolute atomic E-state index is 12.0. The molecule has 0 radical (unpaired) electrons. The Morgan fingerprint density at radius 2 is 1.65 bits per heavy atom. The predicted molar refractivity (Wildman–Crippen MR) is 101 cm³/mol. The van der Waals surface area contributed by atoms with Gasteiger partial charge in [0.05, 0.1) is 29.6 Å². The Kier molecular flexibility index (Phi) is 4.81. The first-order valence-electron chi connectivity index (χ1n) is 8.21. The number of methoxy groups -OCH3 is 1. The zero-order valence-corrected chi connectivity index (χ0v) is 14.9. The summed E-state index contributed by atoms with van der Waals surface area (Å²) in [5.41, 5.74) is 5.83. The Labute approximate surface area is 152 Å². The molecule has 3 aromatic rings. The zero-order chi connectivity index (χ0) is 18.7. The van der Waals surface area contributed by atoms with Crippen LogP contribution in [0.15, 0.2) is 54.6 Å². The minimum atomic E-state index is -0.363. The summed E-state index contributed by atoms with van der Waals surface area (Å²) in [6, 6.07) is 19.4. The summed E-state index contributed by atoms with van der Waals surface area (Å²) in [7, 11) is 1.37. The zero-order valence-electron chi connectivity index (χ0n) is 14.9. The molecular weight excluding hydrogens is 324 g/mol. The van der Waals surface area contributed by atoms with Crippen LogP contribution in [0.5, 0.6) is 0 Å². The number of pyridine rings is 1. The largest absolute Gasteiger partial charge is 0.465 e. The Morgan fingerprint density at radius 1 is 1.00 bits per heavy atom. The van der Waals surface area contributed by atoms with Crippen molar-refractivity contribution >= 4 is 5.97 Å². The fourth-order valence-corrected chi connectivity index (χ4v) is 3.06. The molecule has 0 spiro atoms. The highest BCUT2D eigenvalue weighted by Gasteiger charge is 2.17. The van der Waals surface area contributed by atoms with E-state index in [1.165, 1.54) is 7.11 Å². The number of aryl methyl sites for hydroxylation is 2. The molecular formula is C22H18N2O2. The number of benzene rings is 2. The van der Waals surface area contributed by atoms with Crippen LogP contribution in [0.1, 0.15) is 27.0 Å². The van der Waals surface area contributed by atoms with Gasteiger partial charge in [-0.05, 0) is 49.2 Å². The molecule has 0 saturated heterocycles. The molecule has 0 saturated carbocycles. The van der Waals surface area contributed by atoms with Crippen LogP contribution in [0.2, 0.25) is 0 Å². The van der Waals surface area contributed by atoms with Crippen LogP contribution in [0.4, 0.5) is 0 Å². The van der Waals surface area contributed by atoms with E-state index in [1.54, 1.807) is 6.07 Å². The van der Waals surface area contributed by atoms with Crippen LogP contribution in [0, 0.1) is 25.2 Å². The van der Waals surface area contributed by atoms with E-state index < -0.39 is 0 Å². The first-order valence-corrected chi connectivity index (χ1v) is 8.21. The SMILES string of the molecule is COC(=O)c1c(C)cc(-c2nc(-c3ccccc3)ccc2C#N)cc1C. The molecule has 0 aliphatic rings. The van der Waals surface area contributed by atoms with E-state index in [4.69, 9.17) is 9.72 Å². The number of esters is 1. The molecule has 0 aliphatic carbocycles. The lowest BCUT2D eigenvalue weighted by Gasteiger charge is -2.12. The van der Waals surface area contributed by atoms with Crippen molar-refractivity contribution in [1.82, 2.24) is 4.98 Å². The van der Waals surface area contributed by atoms with Crippen molar-refractivity contribution in [1.29, 1.82) is 5.26 Å². The number of rotatable bonds is 3. The summed E-state index contributed by atoms with van der Waals surface area (Å²) in [4.78, 5) is 16.7. The maximum atomic E-state index is 12.0. The molecule has 0 fully saturated rings. The van der Waals surface area contributed by atoms with Gasteiger partial charge in [0.1, 0.15) is 6.07 Å². The lowest BCUT2D eigenvalue weighted by atomic mass is 9.95. The highest BCUT2D eigenvalue weighted by atomic mass is 16.5. The number of hydrogen-bond acceptors (Lipinski definition) is 4. The molecule has 1 heterocycles. The molecule has 1 aromatic heterocycles. The third-order valence-electron chi connectivity index (χ3n) is 4.28. The van der Waals surface area contributed by atoms with Gasteiger partial charge in [-0.25, -0.2) is 9.78 Å². The number of aromatic nitrogens is 1. The van der Waals surface area contributed by atoms with Crippen LogP contribution in [0.25, 0.3) is 22.5 Å². The van der Waals surface area contributed by atoms with Gasteiger partial charge in [0.25, 0.3) is 0 Å². The molecule has 0 bridgehead atoms. The minimum absolute atomic E-state index is 0.363. The van der Waals surface area contributed by atoms with Crippen molar-refractivity contribution in [3.8, 4) is 28.6 Å². The molecule has 4 nitrogen and oxygen atoms in total. The van der Waals surface area contributed by atoms with E-state index in [9.17, 15) is 10.1 Å². The molecule has 0 atom stereocenters. The van der Waals surface area contributed by atoms with E-state index in [-0.39, 0.29) is 5.97 Å². The van der Waals surface area contributed by atoms with Gasteiger partial charge in [0.15, 0.2) is 0 Å². The molecule has 26 heavy (non-hydrogen) atoms. The quantitative estimate of drug-likeness (QED) is 0.648. The van der Waals surface area contributed by atoms with Gasteiger partial charge in [0.2, 0.25) is 0 Å². The van der Waals surface area contributed by atoms with Gasteiger partial charge < -0.3 is 4.74 Å². The highest BCUT2D eigenvalue weighted by Crippen LogP contribution is 2.29. The van der Waals surface area contributed by atoms with Crippen LogP contribution >= 0.6 is 0 Å². The average Bonchev–Trinajstić information content (AvgIpc) is 2.67. The standard InChI is InChI=1S/C22H18N2O2/c1-14-11-18(12-15(2)20(14)22(25)26-3)21-17(13-23)9-10-19(24-21)16-7-5-4-6-8-16/h4-12H,1-3H3. The number of nitriles is 1. The Balaban J connectivity index is 2.17. The van der Waals surface area contributed by atoms with Crippen molar-refractivity contribution < 1.29 is 9.53 Å². The summed E-state index contributed by atoms with van der Waals surface area (Å²) in [5, 5.41) is 9.50. The fourth-order valence-electron chi connectivity index (χ4n) is 3.06. The Morgan fingerprint density at radius 3 is 2.23 bits per heavy atom. The van der Waals surface area contributed by atoms with Crippen molar-refractivity contribution in [2.45, 2.75) is 13.8 Å². The topological polar surface area (TPSA) is 63.0 Å². The molecule has 0 N–H and O–H groups in total. The van der Waals surface area contributed by atoms with E-state index in [0.717, 1.165) is 27.9 Å². The molecule has 128 valence electrons. The third-order valence-corrected chi connectivity index (χ3v) is 4.28. The van der Waals surface area contributed by atoms with Crippen LogP contribution < -0.4 is 0 Å². The second kappa shape index (κ2) is 7.20. The van der Waals surface area contributed by atoms with Crippen molar-refractivity contribution in [3.05, 3.63) is 76.9 Å². The second-order valence-corrected chi connectivity index (χ2v) is 6.05. The average molecular weight is 342 g/mol. The summed E-state index contributed by atoms with van der Waals surface area (Å²) in [6.45, 7) is 3.71. The van der Waals surface area contributed by atoms with Crippen LogP contribution in [0.3, 0.4) is 0 Å². The molecule has 0 unspecified atom stereocenters. The van der Waals surface area contributed by atoms with Crippen LogP contribution in [-0.4, -0.2) is 18.1 Å². The van der Waals surface area contributed by atoms with Gasteiger partial charge in [-0.3, -0.25) is 0 Å². The molecule has 4 heteroatoms. The summed E-state index contributed by atoms with van der Waals surface area (Å²) in [6.07, 6.45) is 0. The van der Waals surface area contributed by atoms with E-state index in [1.807, 2.05) is 62.4 Å². The highest BCUT2D eigenvalue weighted by molar-refractivity contribution is 5.93. The molecule has 3 rings (SSSR count). The van der Waals surface area contributed by atoms with Crippen LogP contribution in [-0.2, 0) is 4.74 Å². The Bertz CT molecular complexity index is 995. The van der Waals surface area contributed by atoms with Gasteiger partial charge in [0, 0.05) is 11.1 Å². The summed E-state index contributed by atoms with van der Waals surface area (Å²) in [5.74, 6) is -0.363. The summed E-state index contributed by atoms with van der Waals surface area (Å²) < 4.78 is 4.86. The first kappa shape index (κ1) is 17.4. The van der Waals surface area contributed by atoms with E-state index in [2.05, 4.69) is 6.07 Å². The van der Waals surface area contributed by atoms with Gasteiger partial charge in [-0.2, -0.15) is 5.26 Å². The van der Waals surface area contributed by atoms with E-state index >= 15 is 0 Å². The second-order valence-electron chi connectivity index (χ2n) is 6.05. The van der Waals surface area contributed by atoms with Gasteiger partial charge in [-0.15, -0.1) is 0 Å².